The van der Waals surface area contributed by atoms with Gasteiger partial charge in [0.1, 0.15) is 19.0 Å². The first kappa shape index (κ1) is 25.6. The van der Waals surface area contributed by atoms with Gasteiger partial charge in [-0.3, -0.25) is 0 Å². The number of aliphatic hydroxyl groups excluding tert-OH is 1. The number of esters is 1. The summed E-state index contributed by atoms with van der Waals surface area (Å²) in [5.74, 6) is -2.11. The first-order chi connectivity index (χ1) is 18.0. The molecule has 6 fully saturated rings. The normalized spacial score (nSPS) is 57.4. The molecule has 0 aromatic carbocycles. The van der Waals surface area contributed by atoms with Crippen LogP contribution in [-0.4, -0.2) is 76.3 Å². The second-order valence-corrected chi connectivity index (χ2v) is 13.6. The first-order valence-corrected chi connectivity index (χ1v) is 14.5. The molecule has 0 aromatic heterocycles. The molecular formula is C29H40O9. The summed E-state index contributed by atoms with van der Waals surface area (Å²) in [6.07, 6.45) is 5.34. The molecule has 0 aromatic rings. The fraction of sp³-hybridized carbons (Fsp3) is 0.862. The average Bonchev–Trinajstić information content (AvgIpc) is 3.42. The quantitative estimate of drug-likeness (QED) is 0.278. The summed E-state index contributed by atoms with van der Waals surface area (Å²) in [6, 6.07) is 0. The third kappa shape index (κ3) is 3.20. The Labute approximate surface area is 222 Å². The zero-order valence-electron chi connectivity index (χ0n) is 22.2. The number of fused-ring (bicyclic) bond motifs is 7. The van der Waals surface area contributed by atoms with Crippen LogP contribution in [0.1, 0.15) is 71.6 Å². The van der Waals surface area contributed by atoms with Gasteiger partial charge < -0.3 is 39.1 Å². The number of aliphatic hydroxyl groups is 3. The Morgan fingerprint density at radius 2 is 1.84 bits per heavy atom. The number of hydrogen-bond acceptors (Lipinski definition) is 9. The SMILES string of the molecule is C[C@@H]1C[C@@H](O)[C@]2(O)O[C@@H]3C[C@@]4(C=O)[C@@H](CC[C@@H]5[C@H]4CC[C@]4(C)[C@@H](C6=CC(=O)OC6)CC[C@]54O)C[C@H]3O[C@@H]2O1. The Kier molecular flexibility index (Phi) is 5.61. The number of carbonyl (C=O) groups is 2. The molecule has 3 heterocycles. The van der Waals surface area contributed by atoms with Gasteiger partial charge in [0, 0.05) is 23.3 Å². The number of ether oxygens (including phenoxy) is 4. The highest BCUT2D eigenvalue weighted by molar-refractivity contribution is 5.85. The van der Waals surface area contributed by atoms with E-state index in [4.69, 9.17) is 18.9 Å². The van der Waals surface area contributed by atoms with Crippen LogP contribution in [0.2, 0.25) is 0 Å². The standard InChI is InChI=1S/C29H40O9/c1-15-9-23(31)29(34)25(36-15)37-21-11-17-3-4-20-19(27(17,14-30)12-22(21)38-29)5-7-26(2)18(6-8-28(20,26)33)16-10-24(32)35-13-16/h10,14-15,17-23,25,31,33-34H,3-9,11-13H2,1-2H3/t15-,17+,18-,19-,20-,21-,22-,23-,25+,26-,27-,28+,29+/m1/s1. The van der Waals surface area contributed by atoms with Crippen molar-refractivity contribution in [3.05, 3.63) is 11.6 Å². The monoisotopic (exact) mass is 532 g/mol. The summed E-state index contributed by atoms with van der Waals surface area (Å²) in [5.41, 5.74) is -1.01. The van der Waals surface area contributed by atoms with Gasteiger partial charge in [0.25, 0.3) is 0 Å². The van der Waals surface area contributed by atoms with E-state index in [0.29, 0.717) is 25.9 Å². The van der Waals surface area contributed by atoms with Gasteiger partial charge in [0.2, 0.25) is 12.1 Å². The molecule has 38 heavy (non-hydrogen) atoms. The van der Waals surface area contributed by atoms with Gasteiger partial charge in [0.15, 0.2) is 0 Å². The molecule has 0 amide bonds. The van der Waals surface area contributed by atoms with Gasteiger partial charge in [-0.1, -0.05) is 6.92 Å². The Morgan fingerprint density at radius 1 is 1.03 bits per heavy atom. The van der Waals surface area contributed by atoms with Crippen LogP contribution in [0.4, 0.5) is 0 Å². The molecule has 0 bridgehead atoms. The van der Waals surface area contributed by atoms with Gasteiger partial charge in [-0.2, -0.15) is 0 Å². The molecule has 7 aliphatic rings. The molecule has 2 saturated heterocycles. The van der Waals surface area contributed by atoms with Crippen molar-refractivity contribution in [3.63, 3.8) is 0 Å². The van der Waals surface area contributed by atoms with E-state index in [9.17, 15) is 24.9 Å². The lowest BCUT2D eigenvalue weighted by molar-refractivity contribution is -0.457. The molecule has 0 radical (unpaired) electrons. The van der Waals surface area contributed by atoms with Crippen LogP contribution in [0.25, 0.3) is 0 Å². The zero-order chi connectivity index (χ0) is 26.7. The lowest BCUT2D eigenvalue weighted by Gasteiger charge is -2.64. The van der Waals surface area contributed by atoms with Crippen molar-refractivity contribution < 1.29 is 43.9 Å². The zero-order valence-corrected chi connectivity index (χ0v) is 22.2. The van der Waals surface area contributed by atoms with Crippen LogP contribution in [0.3, 0.4) is 0 Å². The van der Waals surface area contributed by atoms with Crippen LogP contribution >= 0.6 is 0 Å². The minimum Gasteiger partial charge on any atom is -0.458 e. The van der Waals surface area contributed by atoms with Gasteiger partial charge in [-0.15, -0.1) is 0 Å². The van der Waals surface area contributed by atoms with Crippen LogP contribution in [0.15, 0.2) is 11.6 Å². The minimum atomic E-state index is -1.96. The minimum absolute atomic E-state index is 0.00418. The van der Waals surface area contributed by atoms with Crippen molar-refractivity contribution in [1.82, 2.24) is 0 Å². The fourth-order valence-electron chi connectivity index (χ4n) is 10.2. The predicted octanol–water partition coefficient (Wildman–Crippen LogP) is 2.00. The highest BCUT2D eigenvalue weighted by Crippen LogP contribution is 2.70. The van der Waals surface area contributed by atoms with Crippen molar-refractivity contribution in [1.29, 1.82) is 0 Å². The van der Waals surface area contributed by atoms with Crippen LogP contribution in [0.5, 0.6) is 0 Å². The maximum absolute atomic E-state index is 13.1. The fourth-order valence-corrected chi connectivity index (χ4v) is 10.2. The highest BCUT2D eigenvalue weighted by atomic mass is 16.8. The Hall–Kier alpha value is -1.36. The lowest BCUT2D eigenvalue weighted by Crippen LogP contribution is -2.71. The smallest absolute Gasteiger partial charge is 0.331 e. The molecule has 4 saturated carbocycles. The summed E-state index contributed by atoms with van der Waals surface area (Å²) in [5, 5.41) is 34.4. The third-order valence-electron chi connectivity index (χ3n) is 12.1. The maximum atomic E-state index is 13.1. The topological polar surface area (TPSA) is 132 Å². The summed E-state index contributed by atoms with van der Waals surface area (Å²) < 4.78 is 23.5. The second-order valence-electron chi connectivity index (χ2n) is 13.6. The molecule has 3 N–H and O–H groups in total. The molecule has 13 atom stereocenters. The largest absolute Gasteiger partial charge is 0.458 e. The van der Waals surface area contributed by atoms with E-state index in [0.717, 1.165) is 44.0 Å². The highest BCUT2D eigenvalue weighted by Gasteiger charge is 2.70. The number of aldehydes is 1. The van der Waals surface area contributed by atoms with E-state index < -0.39 is 35.3 Å². The predicted molar refractivity (Wildman–Crippen MR) is 131 cm³/mol. The Bertz CT molecular complexity index is 1060. The maximum Gasteiger partial charge on any atom is 0.331 e. The third-order valence-corrected chi connectivity index (χ3v) is 12.1. The van der Waals surface area contributed by atoms with E-state index in [1.54, 1.807) is 6.08 Å². The molecule has 210 valence electrons. The lowest BCUT2D eigenvalue weighted by atomic mass is 9.42. The van der Waals surface area contributed by atoms with Crippen molar-refractivity contribution in [2.75, 3.05) is 6.61 Å². The van der Waals surface area contributed by atoms with Crippen LogP contribution in [0, 0.1) is 34.5 Å². The summed E-state index contributed by atoms with van der Waals surface area (Å²) in [4.78, 5) is 24.9. The molecule has 7 rings (SSSR count). The summed E-state index contributed by atoms with van der Waals surface area (Å²) >= 11 is 0. The van der Waals surface area contributed by atoms with Gasteiger partial charge >= 0.3 is 5.97 Å². The van der Waals surface area contributed by atoms with Crippen molar-refractivity contribution in [2.24, 2.45) is 34.5 Å². The van der Waals surface area contributed by atoms with Crippen molar-refractivity contribution in [3.8, 4) is 0 Å². The molecular weight excluding hydrogens is 492 g/mol. The molecule has 0 unspecified atom stereocenters. The summed E-state index contributed by atoms with van der Waals surface area (Å²) in [7, 11) is 0. The van der Waals surface area contributed by atoms with Crippen LogP contribution < -0.4 is 0 Å². The van der Waals surface area contributed by atoms with E-state index in [1.807, 2.05) is 6.92 Å². The van der Waals surface area contributed by atoms with Gasteiger partial charge in [0.05, 0.1) is 23.9 Å². The van der Waals surface area contributed by atoms with E-state index in [-0.39, 0.29) is 53.7 Å². The Balaban J connectivity index is 1.18. The van der Waals surface area contributed by atoms with Gasteiger partial charge in [-0.05, 0) is 87.5 Å². The number of carbonyl (C=O) groups excluding carboxylic acids is 2. The average molecular weight is 533 g/mol. The molecule has 9 nitrogen and oxygen atoms in total. The van der Waals surface area contributed by atoms with Crippen molar-refractivity contribution >= 4 is 12.3 Å². The van der Waals surface area contributed by atoms with Gasteiger partial charge in [-0.25, -0.2) is 4.79 Å². The molecule has 9 heteroatoms. The number of cyclic esters (lactones) is 1. The number of rotatable bonds is 2. The van der Waals surface area contributed by atoms with E-state index in [1.165, 1.54) is 0 Å². The summed E-state index contributed by atoms with van der Waals surface area (Å²) in [6.45, 7) is 4.31. The van der Waals surface area contributed by atoms with E-state index in [2.05, 4.69) is 6.92 Å². The molecule has 4 aliphatic carbocycles. The molecule has 0 spiro atoms. The first-order valence-electron chi connectivity index (χ1n) is 14.5. The molecule has 3 aliphatic heterocycles. The number of hydrogen-bond donors (Lipinski definition) is 3. The second kappa shape index (κ2) is 8.33. The Morgan fingerprint density at radius 3 is 2.58 bits per heavy atom. The van der Waals surface area contributed by atoms with Crippen molar-refractivity contribution in [2.45, 2.75) is 114 Å². The van der Waals surface area contributed by atoms with E-state index >= 15 is 0 Å². The van der Waals surface area contributed by atoms with Crippen LogP contribution in [-0.2, 0) is 28.5 Å².